The van der Waals surface area contributed by atoms with E-state index in [2.05, 4.69) is 6.07 Å². The minimum atomic E-state index is -0.427. The predicted octanol–water partition coefficient (Wildman–Crippen LogP) is 2.04. The molecule has 2 aliphatic rings. The Morgan fingerprint density at radius 3 is 2.95 bits per heavy atom. The summed E-state index contributed by atoms with van der Waals surface area (Å²) >= 11 is 0. The van der Waals surface area contributed by atoms with Crippen LogP contribution in [0.5, 0.6) is 0 Å². The quantitative estimate of drug-likeness (QED) is 0.714. The second-order valence-corrected chi connectivity index (χ2v) is 4.88. The number of benzene rings is 1. The Balaban J connectivity index is 2.06. The molecule has 0 saturated heterocycles. The summed E-state index contributed by atoms with van der Waals surface area (Å²) in [5, 5.41) is 0. The molecular weight excluding hydrogens is 242 g/mol. The topological polar surface area (TPSA) is 46.6 Å². The number of amides is 1. The van der Waals surface area contributed by atoms with Crippen molar-refractivity contribution in [2.24, 2.45) is 0 Å². The van der Waals surface area contributed by atoms with E-state index in [1.54, 1.807) is 6.08 Å². The van der Waals surface area contributed by atoms with Crippen LogP contribution in [0.4, 0.5) is 4.79 Å². The molecule has 1 atom stereocenters. The van der Waals surface area contributed by atoms with Crippen molar-refractivity contribution in [3.63, 3.8) is 0 Å². The molecule has 1 aliphatic carbocycles. The van der Waals surface area contributed by atoms with E-state index in [1.165, 1.54) is 17.6 Å². The number of carbonyl (C=O) groups excluding carboxylic acids is 2. The van der Waals surface area contributed by atoms with Crippen LogP contribution in [-0.4, -0.2) is 36.5 Å². The zero-order chi connectivity index (χ0) is 13.4. The first-order valence-electron chi connectivity index (χ1n) is 6.38. The van der Waals surface area contributed by atoms with E-state index in [0.29, 0.717) is 0 Å². The van der Waals surface area contributed by atoms with Gasteiger partial charge in [-0.25, -0.2) is 4.79 Å². The fourth-order valence-electron chi connectivity index (χ4n) is 2.95. The maximum absolute atomic E-state index is 11.8. The minimum Gasteiger partial charge on any atom is -0.453 e. The highest BCUT2D eigenvalue weighted by Crippen LogP contribution is 2.36. The van der Waals surface area contributed by atoms with Crippen molar-refractivity contribution >= 4 is 17.4 Å². The lowest BCUT2D eigenvalue weighted by Crippen LogP contribution is -2.48. The van der Waals surface area contributed by atoms with Crippen molar-refractivity contribution in [2.45, 2.75) is 18.9 Å². The van der Waals surface area contributed by atoms with Gasteiger partial charge < -0.3 is 4.74 Å². The smallest absolute Gasteiger partial charge is 0.410 e. The van der Waals surface area contributed by atoms with Crippen molar-refractivity contribution < 1.29 is 14.3 Å². The van der Waals surface area contributed by atoms with Crippen LogP contribution in [0.15, 0.2) is 30.3 Å². The average Bonchev–Trinajstić information content (AvgIpc) is 2.45. The van der Waals surface area contributed by atoms with E-state index in [-0.39, 0.29) is 18.4 Å². The molecule has 1 unspecified atom stereocenters. The van der Waals surface area contributed by atoms with E-state index in [0.717, 1.165) is 24.0 Å². The first-order chi connectivity index (χ1) is 9.20. The largest absolute Gasteiger partial charge is 0.453 e. The van der Waals surface area contributed by atoms with Gasteiger partial charge in [0.1, 0.15) is 0 Å². The zero-order valence-corrected chi connectivity index (χ0v) is 10.8. The van der Waals surface area contributed by atoms with Crippen LogP contribution in [-0.2, 0) is 16.0 Å². The summed E-state index contributed by atoms with van der Waals surface area (Å²) in [6.45, 7) is 0.114. The third-order valence-electron chi connectivity index (χ3n) is 3.80. The Labute approximate surface area is 111 Å². The minimum absolute atomic E-state index is 0.0416. The van der Waals surface area contributed by atoms with Gasteiger partial charge in [0.05, 0.1) is 19.7 Å². The van der Waals surface area contributed by atoms with E-state index < -0.39 is 6.09 Å². The van der Waals surface area contributed by atoms with Gasteiger partial charge in [-0.15, -0.1) is 0 Å². The summed E-state index contributed by atoms with van der Waals surface area (Å²) in [6, 6.07) is 8.02. The van der Waals surface area contributed by atoms with E-state index in [1.807, 2.05) is 18.2 Å². The molecule has 0 saturated carbocycles. The molecule has 1 aliphatic heterocycles. The maximum Gasteiger partial charge on any atom is 0.410 e. The van der Waals surface area contributed by atoms with Gasteiger partial charge in [0, 0.05) is 0 Å². The second kappa shape index (κ2) is 4.53. The highest BCUT2D eigenvalue weighted by atomic mass is 16.5. The molecule has 0 bridgehead atoms. The van der Waals surface area contributed by atoms with Crippen LogP contribution in [0.25, 0.3) is 5.57 Å². The molecule has 4 heteroatoms. The molecule has 0 spiro atoms. The first-order valence-corrected chi connectivity index (χ1v) is 6.38. The number of hydrogen-bond acceptors (Lipinski definition) is 3. The van der Waals surface area contributed by atoms with Crippen molar-refractivity contribution in [2.75, 3.05) is 13.7 Å². The molecule has 1 aromatic rings. The third-order valence-corrected chi connectivity index (χ3v) is 3.80. The summed E-state index contributed by atoms with van der Waals surface area (Å²) in [5.41, 5.74) is 3.27. The number of fused-ring (bicyclic) bond motifs is 3. The van der Waals surface area contributed by atoms with Gasteiger partial charge in [-0.3, -0.25) is 9.69 Å². The number of hydrogen-bond donors (Lipinski definition) is 0. The number of ketones is 1. The molecule has 0 radical (unpaired) electrons. The summed E-state index contributed by atoms with van der Waals surface area (Å²) in [7, 11) is 1.35. The molecule has 3 rings (SSSR count). The molecule has 0 N–H and O–H groups in total. The predicted molar refractivity (Wildman–Crippen MR) is 70.6 cm³/mol. The molecule has 98 valence electrons. The Hall–Kier alpha value is -2.10. The van der Waals surface area contributed by atoms with Gasteiger partial charge in [0.2, 0.25) is 0 Å². The van der Waals surface area contributed by atoms with Crippen molar-refractivity contribution in [1.29, 1.82) is 0 Å². The van der Waals surface area contributed by atoms with E-state index in [9.17, 15) is 9.59 Å². The van der Waals surface area contributed by atoms with Gasteiger partial charge in [-0.05, 0) is 35.6 Å². The number of ether oxygens (including phenoxy) is 1. The van der Waals surface area contributed by atoms with Gasteiger partial charge in [0.25, 0.3) is 0 Å². The summed E-state index contributed by atoms with van der Waals surface area (Å²) < 4.78 is 4.78. The molecule has 1 aromatic carbocycles. The Morgan fingerprint density at radius 1 is 1.37 bits per heavy atom. The van der Waals surface area contributed by atoms with Gasteiger partial charge in [-0.1, -0.05) is 24.3 Å². The number of nitrogens with zero attached hydrogens (tertiary/aromatic N) is 1. The van der Waals surface area contributed by atoms with Crippen LogP contribution < -0.4 is 0 Å². The number of aryl methyl sites for hydroxylation is 1. The average molecular weight is 257 g/mol. The summed E-state index contributed by atoms with van der Waals surface area (Å²) in [5.74, 6) is -0.0478. The highest BCUT2D eigenvalue weighted by Gasteiger charge is 2.36. The fourth-order valence-corrected chi connectivity index (χ4v) is 2.95. The van der Waals surface area contributed by atoms with Gasteiger partial charge >= 0.3 is 6.09 Å². The maximum atomic E-state index is 11.8. The third kappa shape index (κ3) is 1.93. The molecule has 0 fully saturated rings. The normalized spacial score (nSPS) is 21.3. The van der Waals surface area contributed by atoms with Crippen molar-refractivity contribution in [3.05, 3.63) is 41.5 Å². The molecule has 1 heterocycles. The van der Waals surface area contributed by atoms with E-state index in [4.69, 9.17) is 4.74 Å². The molecule has 1 amide bonds. The van der Waals surface area contributed by atoms with Crippen molar-refractivity contribution in [1.82, 2.24) is 4.90 Å². The monoisotopic (exact) mass is 257 g/mol. The Morgan fingerprint density at radius 2 is 2.16 bits per heavy atom. The highest BCUT2D eigenvalue weighted by molar-refractivity contribution is 6.03. The number of carbonyl (C=O) groups is 2. The standard InChI is InChI=1S/C15H15NO3/c1-19-15(18)16-9-11(17)8-13-12-5-3-2-4-10(12)6-7-14(13)16/h2-5,8,14H,6-7,9H2,1H3. The molecule has 19 heavy (non-hydrogen) atoms. The van der Waals surface area contributed by atoms with Crippen LogP contribution in [0, 0.1) is 0 Å². The van der Waals surface area contributed by atoms with Crippen LogP contribution >= 0.6 is 0 Å². The van der Waals surface area contributed by atoms with Crippen molar-refractivity contribution in [3.8, 4) is 0 Å². The second-order valence-electron chi connectivity index (χ2n) is 4.88. The van der Waals surface area contributed by atoms with Gasteiger partial charge in [-0.2, -0.15) is 0 Å². The zero-order valence-electron chi connectivity index (χ0n) is 10.8. The fraction of sp³-hybridized carbons (Fsp3) is 0.333. The lowest BCUT2D eigenvalue weighted by atomic mass is 9.81. The lowest BCUT2D eigenvalue weighted by molar-refractivity contribution is -0.116. The SMILES string of the molecule is COC(=O)N1CC(=O)C=C2c3ccccc3CCC21. The summed E-state index contributed by atoms with van der Waals surface area (Å²) in [6.07, 6.45) is 3.01. The first kappa shape index (κ1) is 12.0. The number of methoxy groups -OCH3 is 1. The molecular formula is C15H15NO3. The molecule has 4 nitrogen and oxygen atoms in total. The summed E-state index contributed by atoms with van der Waals surface area (Å²) in [4.78, 5) is 25.2. The van der Waals surface area contributed by atoms with Crippen LogP contribution in [0.1, 0.15) is 17.5 Å². The number of rotatable bonds is 0. The van der Waals surface area contributed by atoms with Crippen LogP contribution in [0.3, 0.4) is 0 Å². The van der Waals surface area contributed by atoms with Crippen LogP contribution in [0.2, 0.25) is 0 Å². The van der Waals surface area contributed by atoms with E-state index >= 15 is 0 Å². The lowest BCUT2D eigenvalue weighted by Gasteiger charge is -2.38. The molecule has 0 aromatic heterocycles. The Kier molecular flexibility index (Phi) is 2.85. The van der Waals surface area contributed by atoms with Gasteiger partial charge in [0.15, 0.2) is 5.78 Å². The Bertz CT molecular complexity index is 577.